The van der Waals surface area contributed by atoms with Crippen LogP contribution in [0.1, 0.15) is 6.42 Å². The topological polar surface area (TPSA) is 111 Å². The van der Waals surface area contributed by atoms with Crippen LogP contribution in [0.2, 0.25) is 0 Å². The van der Waals surface area contributed by atoms with Gasteiger partial charge in [0, 0.05) is 19.8 Å². The number of nitrogen functional groups attached to an aromatic ring is 1. The first kappa shape index (κ1) is 17.6. The fraction of sp³-hybridized carbons (Fsp3) is 0.500. The molecule has 120 valence electrons. The van der Waals surface area contributed by atoms with Crippen LogP contribution in [0.5, 0.6) is 5.75 Å². The van der Waals surface area contributed by atoms with E-state index < -0.39 is 21.9 Å². The second-order valence-corrected chi connectivity index (χ2v) is 6.03. The maximum Gasteiger partial charge on any atom is 0.241 e. The highest BCUT2D eigenvalue weighted by Crippen LogP contribution is 2.28. The fourth-order valence-electron chi connectivity index (χ4n) is 1.78. The van der Waals surface area contributed by atoms with Crippen molar-refractivity contribution in [3.05, 3.63) is 17.9 Å². The second kappa shape index (κ2) is 7.55. The van der Waals surface area contributed by atoms with Crippen molar-refractivity contribution in [1.29, 1.82) is 0 Å². The molecular weight excluding hydrogens is 303 g/mol. The van der Waals surface area contributed by atoms with Crippen LogP contribution >= 0.6 is 0 Å². The number of ether oxygens (including phenoxy) is 2. The van der Waals surface area contributed by atoms with Gasteiger partial charge in [-0.05, 0) is 18.6 Å². The molecular formula is C12H19FN2O5S. The predicted molar refractivity (Wildman–Crippen MR) is 75.1 cm³/mol. The Morgan fingerprint density at radius 2 is 2.10 bits per heavy atom. The number of methoxy groups -OCH3 is 2. The lowest BCUT2D eigenvalue weighted by atomic mass is 10.2. The quantitative estimate of drug-likeness (QED) is 0.585. The second-order valence-electron chi connectivity index (χ2n) is 4.31. The summed E-state index contributed by atoms with van der Waals surface area (Å²) in [6.07, 6.45) is 0.168. The molecule has 9 heteroatoms. The summed E-state index contributed by atoms with van der Waals surface area (Å²) in [4.78, 5) is -0.322. The van der Waals surface area contributed by atoms with Gasteiger partial charge in [-0.3, -0.25) is 0 Å². The summed E-state index contributed by atoms with van der Waals surface area (Å²) in [5.74, 6) is -1.08. The number of benzene rings is 1. The third-order valence-corrected chi connectivity index (χ3v) is 4.23. The molecule has 0 fully saturated rings. The average molecular weight is 322 g/mol. The lowest BCUT2D eigenvalue weighted by Gasteiger charge is -2.17. The summed E-state index contributed by atoms with van der Waals surface area (Å²) in [5, 5.41) is 8.90. The molecule has 0 radical (unpaired) electrons. The Kier molecular flexibility index (Phi) is 6.34. The van der Waals surface area contributed by atoms with Crippen LogP contribution in [-0.2, 0) is 14.8 Å². The number of aliphatic hydroxyl groups is 1. The van der Waals surface area contributed by atoms with E-state index in [0.29, 0.717) is 0 Å². The van der Waals surface area contributed by atoms with Crippen molar-refractivity contribution < 1.29 is 27.4 Å². The number of halogens is 1. The van der Waals surface area contributed by atoms with Crippen molar-refractivity contribution >= 4 is 15.7 Å². The minimum absolute atomic E-state index is 0.0773. The van der Waals surface area contributed by atoms with E-state index in [1.165, 1.54) is 14.2 Å². The van der Waals surface area contributed by atoms with E-state index in [-0.39, 0.29) is 36.0 Å². The van der Waals surface area contributed by atoms with Crippen LogP contribution in [0.25, 0.3) is 0 Å². The van der Waals surface area contributed by atoms with Gasteiger partial charge in [0.15, 0.2) is 11.6 Å². The number of nitrogens with two attached hydrogens (primary N) is 1. The first-order chi connectivity index (χ1) is 9.85. The smallest absolute Gasteiger partial charge is 0.241 e. The maximum absolute atomic E-state index is 13.7. The highest BCUT2D eigenvalue weighted by molar-refractivity contribution is 7.89. The summed E-state index contributed by atoms with van der Waals surface area (Å²) in [6.45, 7) is -0.135. The minimum atomic E-state index is -3.99. The zero-order chi connectivity index (χ0) is 16.0. The van der Waals surface area contributed by atoms with E-state index in [0.717, 1.165) is 12.1 Å². The summed E-state index contributed by atoms with van der Waals surface area (Å²) >= 11 is 0. The number of hydrogen-bond donors (Lipinski definition) is 3. The monoisotopic (exact) mass is 322 g/mol. The molecule has 4 N–H and O–H groups in total. The van der Waals surface area contributed by atoms with Gasteiger partial charge in [0.2, 0.25) is 10.0 Å². The predicted octanol–water partition coefficient (Wildman–Crippen LogP) is 0.0922. The van der Waals surface area contributed by atoms with E-state index in [2.05, 4.69) is 4.72 Å². The first-order valence-corrected chi connectivity index (χ1v) is 7.59. The van der Waals surface area contributed by atoms with Gasteiger partial charge in [-0.1, -0.05) is 0 Å². The van der Waals surface area contributed by atoms with Gasteiger partial charge >= 0.3 is 0 Å². The Morgan fingerprint density at radius 3 is 2.57 bits per heavy atom. The van der Waals surface area contributed by atoms with Gasteiger partial charge in [0.05, 0.1) is 24.3 Å². The zero-order valence-corrected chi connectivity index (χ0v) is 12.6. The molecule has 7 nitrogen and oxygen atoms in total. The number of aliphatic hydroxyl groups excluding tert-OH is 1. The van der Waals surface area contributed by atoms with E-state index in [1.807, 2.05) is 0 Å². The van der Waals surface area contributed by atoms with Gasteiger partial charge in [-0.15, -0.1) is 0 Å². The van der Waals surface area contributed by atoms with Gasteiger partial charge in [0.1, 0.15) is 0 Å². The Bertz CT molecular complexity index is 550. The molecule has 0 saturated heterocycles. The van der Waals surface area contributed by atoms with Crippen LogP contribution in [-0.4, -0.2) is 47.0 Å². The van der Waals surface area contributed by atoms with Gasteiger partial charge in [0.25, 0.3) is 0 Å². The molecule has 1 aromatic rings. The van der Waals surface area contributed by atoms with Crippen LogP contribution < -0.4 is 15.2 Å². The molecule has 21 heavy (non-hydrogen) atoms. The molecule has 1 aromatic carbocycles. The van der Waals surface area contributed by atoms with Crippen molar-refractivity contribution in [3.8, 4) is 5.75 Å². The van der Waals surface area contributed by atoms with Crippen molar-refractivity contribution in [2.24, 2.45) is 0 Å². The summed E-state index contributed by atoms with van der Waals surface area (Å²) < 4.78 is 50.0. The molecule has 0 heterocycles. The number of hydrogen-bond acceptors (Lipinski definition) is 6. The maximum atomic E-state index is 13.7. The number of sulfonamides is 1. The van der Waals surface area contributed by atoms with Crippen LogP contribution in [0.3, 0.4) is 0 Å². The van der Waals surface area contributed by atoms with E-state index in [4.69, 9.17) is 20.3 Å². The lowest BCUT2D eigenvalue weighted by molar-refractivity contribution is 0.158. The van der Waals surface area contributed by atoms with E-state index >= 15 is 0 Å². The van der Waals surface area contributed by atoms with Gasteiger partial charge in [-0.25, -0.2) is 17.5 Å². The summed E-state index contributed by atoms with van der Waals surface area (Å²) in [5.41, 5.74) is 5.43. The van der Waals surface area contributed by atoms with Crippen molar-refractivity contribution in [2.45, 2.75) is 17.4 Å². The first-order valence-electron chi connectivity index (χ1n) is 6.10. The summed E-state index contributed by atoms with van der Waals surface area (Å²) in [7, 11) is -1.35. The highest BCUT2D eigenvalue weighted by Gasteiger charge is 2.22. The SMILES string of the molecule is COCC(CCO)NS(=O)(=O)c1cc(N)c(OC)c(F)c1. The molecule has 0 spiro atoms. The molecule has 0 aliphatic rings. The third-order valence-electron chi connectivity index (χ3n) is 2.73. The molecule has 0 saturated carbocycles. The van der Waals surface area contributed by atoms with Crippen molar-refractivity contribution in [1.82, 2.24) is 4.72 Å². The average Bonchev–Trinajstić information content (AvgIpc) is 2.38. The molecule has 0 amide bonds. The summed E-state index contributed by atoms with van der Waals surface area (Å²) in [6, 6.07) is 1.30. The van der Waals surface area contributed by atoms with Crippen LogP contribution in [0, 0.1) is 5.82 Å². The fourth-order valence-corrected chi connectivity index (χ4v) is 3.08. The van der Waals surface area contributed by atoms with Crippen molar-refractivity contribution in [2.75, 3.05) is 33.2 Å². The minimum Gasteiger partial charge on any atom is -0.492 e. The Hall–Kier alpha value is -1.42. The highest BCUT2D eigenvalue weighted by atomic mass is 32.2. The number of anilines is 1. The van der Waals surface area contributed by atoms with Gasteiger partial charge in [-0.2, -0.15) is 0 Å². The normalized spacial score (nSPS) is 13.1. The number of rotatable bonds is 8. The molecule has 1 rings (SSSR count). The standard InChI is InChI=1S/C12H19FN2O5S/c1-19-7-8(3-4-16)15-21(17,18)9-5-10(13)12(20-2)11(14)6-9/h5-6,8,15-16H,3-4,7,14H2,1-2H3. The molecule has 0 aromatic heterocycles. The number of nitrogens with one attached hydrogen (secondary N) is 1. The van der Waals surface area contributed by atoms with Crippen LogP contribution in [0.15, 0.2) is 17.0 Å². The molecule has 1 atom stereocenters. The van der Waals surface area contributed by atoms with Crippen LogP contribution in [0.4, 0.5) is 10.1 Å². The Morgan fingerprint density at radius 1 is 1.43 bits per heavy atom. The molecule has 1 unspecified atom stereocenters. The molecule has 0 aliphatic heterocycles. The largest absolute Gasteiger partial charge is 0.492 e. The molecule has 0 aliphatic carbocycles. The van der Waals surface area contributed by atoms with E-state index in [1.54, 1.807) is 0 Å². The Balaban J connectivity index is 3.07. The van der Waals surface area contributed by atoms with Crippen molar-refractivity contribution in [3.63, 3.8) is 0 Å². The Labute approximate surface area is 122 Å². The van der Waals surface area contributed by atoms with E-state index in [9.17, 15) is 12.8 Å². The lowest BCUT2D eigenvalue weighted by Crippen LogP contribution is -2.38. The van der Waals surface area contributed by atoms with Gasteiger partial charge < -0.3 is 20.3 Å². The molecule has 0 bridgehead atoms. The third kappa shape index (κ3) is 4.53. The zero-order valence-electron chi connectivity index (χ0n) is 11.8.